The topological polar surface area (TPSA) is 60.8 Å². The fourth-order valence-corrected chi connectivity index (χ4v) is 3.83. The van der Waals surface area contributed by atoms with Crippen LogP contribution in [0.3, 0.4) is 0 Å². The minimum absolute atomic E-state index is 0.0351. The first-order chi connectivity index (χ1) is 12.6. The highest BCUT2D eigenvalue weighted by molar-refractivity contribution is 9.10. The maximum atomic E-state index is 12.7. The van der Waals surface area contributed by atoms with Crippen LogP contribution in [0, 0.1) is 0 Å². The number of carbonyl (C=O) groups is 2. The van der Waals surface area contributed by atoms with Crippen molar-refractivity contribution in [3.63, 3.8) is 0 Å². The lowest BCUT2D eigenvalue weighted by molar-refractivity contribution is -0.151. The fraction of sp³-hybridized carbons (Fsp3) is 0.158. The lowest BCUT2D eigenvalue weighted by Gasteiger charge is -2.23. The van der Waals surface area contributed by atoms with E-state index in [0.29, 0.717) is 11.4 Å². The van der Waals surface area contributed by atoms with Crippen LogP contribution in [0.2, 0.25) is 0 Å². The summed E-state index contributed by atoms with van der Waals surface area (Å²) in [5.74, 6) is -0.268. The van der Waals surface area contributed by atoms with Gasteiger partial charge in [-0.1, -0.05) is 30.3 Å². The van der Waals surface area contributed by atoms with Gasteiger partial charge in [0.15, 0.2) is 0 Å². The van der Waals surface area contributed by atoms with Crippen LogP contribution >= 0.6 is 15.9 Å². The lowest BCUT2D eigenvalue weighted by Crippen LogP contribution is -2.31. The molecule has 0 N–H and O–H groups in total. The van der Waals surface area contributed by atoms with Crippen molar-refractivity contribution in [1.82, 2.24) is 9.63 Å². The maximum absolute atomic E-state index is 12.7. The first-order valence-corrected chi connectivity index (χ1v) is 8.82. The molecule has 132 valence electrons. The largest absolute Gasteiger partial charge is 0.426 e. The quantitative estimate of drug-likeness (QED) is 0.479. The summed E-state index contributed by atoms with van der Waals surface area (Å²) in [6.07, 6.45) is -0.651. The van der Waals surface area contributed by atoms with E-state index in [4.69, 9.17) is 9.57 Å². The smallest absolute Gasteiger partial charge is 0.315 e. The van der Waals surface area contributed by atoms with E-state index in [0.717, 1.165) is 15.4 Å². The van der Waals surface area contributed by atoms with E-state index in [9.17, 15) is 9.59 Å². The maximum Gasteiger partial charge on any atom is 0.315 e. The molecule has 1 aromatic heterocycles. The van der Waals surface area contributed by atoms with Gasteiger partial charge in [0.1, 0.15) is 17.6 Å². The molecule has 26 heavy (non-hydrogen) atoms. The molecule has 6 nitrogen and oxygen atoms in total. The van der Waals surface area contributed by atoms with Gasteiger partial charge in [-0.2, -0.15) is 5.06 Å². The van der Waals surface area contributed by atoms with Gasteiger partial charge < -0.3 is 9.30 Å². The number of esters is 1. The van der Waals surface area contributed by atoms with Crippen LogP contribution in [0.25, 0.3) is 10.9 Å². The van der Waals surface area contributed by atoms with Gasteiger partial charge in [0.2, 0.25) is 0 Å². The summed E-state index contributed by atoms with van der Waals surface area (Å²) in [6.45, 7) is 0. The Bertz CT molecular complexity index is 999. The minimum atomic E-state index is -0.616. The number of hydrogen-bond acceptors (Lipinski definition) is 4. The zero-order chi connectivity index (χ0) is 18.3. The van der Waals surface area contributed by atoms with E-state index >= 15 is 0 Å². The third-order valence-corrected chi connectivity index (χ3v) is 4.96. The molecule has 1 aliphatic rings. The first-order valence-electron chi connectivity index (χ1n) is 8.03. The monoisotopic (exact) mass is 414 g/mol. The van der Waals surface area contributed by atoms with E-state index in [1.165, 1.54) is 12.2 Å². The van der Waals surface area contributed by atoms with Gasteiger partial charge in [0, 0.05) is 9.86 Å². The van der Waals surface area contributed by atoms with Gasteiger partial charge in [0.25, 0.3) is 5.91 Å². The van der Waals surface area contributed by atoms with Crippen molar-refractivity contribution in [3.8, 4) is 5.75 Å². The van der Waals surface area contributed by atoms with Gasteiger partial charge in [-0.15, -0.1) is 0 Å². The molecule has 0 radical (unpaired) electrons. The number of hydrogen-bond donors (Lipinski definition) is 0. The molecule has 0 saturated heterocycles. The van der Waals surface area contributed by atoms with Crippen LogP contribution in [0.1, 0.15) is 23.1 Å². The Hall–Kier alpha value is -2.64. The third kappa shape index (κ3) is 2.69. The summed E-state index contributed by atoms with van der Waals surface area (Å²) in [4.78, 5) is 30.4. The average molecular weight is 415 g/mol. The second kappa shape index (κ2) is 6.59. The van der Waals surface area contributed by atoms with E-state index < -0.39 is 12.1 Å². The third-order valence-electron chi connectivity index (χ3n) is 4.32. The summed E-state index contributed by atoms with van der Waals surface area (Å²) in [5, 5.41) is 2.13. The number of halogens is 1. The zero-order valence-corrected chi connectivity index (χ0v) is 15.5. The Balaban J connectivity index is 1.70. The molecule has 1 unspecified atom stereocenters. The van der Waals surface area contributed by atoms with Crippen molar-refractivity contribution < 1.29 is 19.2 Å². The van der Waals surface area contributed by atoms with E-state index in [1.807, 2.05) is 28.8 Å². The molecule has 0 bridgehead atoms. The van der Waals surface area contributed by atoms with Crippen LogP contribution in [-0.2, 0) is 9.63 Å². The SMILES string of the molecule is CON1C(=O)c2cc3cccc(Br)c3n2C1CC(=O)Oc1ccccc1. The highest BCUT2D eigenvalue weighted by Crippen LogP contribution is 2.38. The molecule has 4 rings (SSSR count). The highest BCUT2D eigenvalue weighted by Gasteiger charge is 2.40. The number of ether oxygens (including phenoxy) is 1. The van der Waals surface area contributed by atoms with Gasteiger partial charge in [-0.05, 0) is 40.2 Å². The number of nitrogens with zero attached hydrogens (tertiary/aromatic N) is 2. The molecular formula is C19H15BrN2O4. The van der Waals surface area contributed by atoms with Gasteiger partial charge >= 0.3 is 5.97 Å². The van der Waals surface area contributed by atoms with Crippen LogP contribution in [-0.4, -0.2) is 28.6 Å². The summed E-state index contributed by atoms with van der Waals surface area (Å²) >= 11 is 3.53. The molecule has 2 aromatic carbocycles. The van der Waals surface area contributed by atoms with Gasteiger partial charge in [-0.25, -0.2) is 0 Å². The molecule has 0 fully saturated rings. The van der Waals surface area contributed by atoms with E-state index in [-0.39, 0.29) is 12.3 Å². The predicted molar refractivity (Wildman–Crippen MR) is 98.5 cm³/mol. The van der Waals surface area contributed by atoms with Crippen LogP contribution < -0.4 is 4.74 Å². The van der Waals surface area contributed by atoms with Crippen LogP contribution in [0.4, 0.5) is 0 Å². The molecular weight excluding hydrogens is 400 g/mol. The molecule has 0 saturated carbocycles. The molecule has 0 spiro atoms. The number of amides is 1. The number of para-hydroxylation sites is 2. The predicted octanol–water partition coefficient (Wildman–Crippen LogP) is 3.92. The molecule has 7 heteroatoms. The minimum Gasteiger partial charge on any atom is -0.426 e. The number of rotatable bonds is 4. The summed E-state index contributed by atoms with van der Waals surface area (Å²) in [7, 11) is 1.41. The Morgan fingerprint density at radius 3 is 2.65 bits per heavy atom. The molecule has 1 amide bonds. The van der Waals surface area contributed by atoms with Crippen molar-refractivity contribution in [2.24, 2.45) is 0 Å². The molecule has 1 aliphatic heterocycles. The van der Waals surface area contributed by atoms with E-state index in [2.05, 4.69) is 15.9 Å². The summed E-state index contributed by atoms with van der Waals surface area (Å²) in [5.41, 5.74) is 1.32. The highest BCUT2D eigenvalue weighted by atomic mass is 79.9. The van der Waals surface area contributed by atoms with Crippen LogP contribution in [0.5, 0.6) is 5.75 Å². The van der Waals surface area contributed by atoms with Crippen molar-refractivity contribution in [1.29, 1.82) is 0 Å². The van der Waals surface area contributed by atoms with Crippen molar-refractivity contribution >= 4 is 38.7 Å². The van der Waals surface area contributed by atoms with Crippen LogP contribution in [0.15, 0.2) is 59.1 Å². The number of hydroxylamine groups is 2. The number of benzene rings is 2. The summed E-state index contributed by atoms with van der Waals surface area (Å²) < 4.78 is 8.04. The second-order valence-electron chi connectivity index (χ2n) is 5.86. The lowest BCUT2D eigenvalue weighted by atomic mass is 10.2. The average Bonchev–Trinajstić information content (AvgIpc) is 3.13. The van der Waals surface area contributed by atoms with Crippen molar-refractivity contribution in [2.75, 3.05) is 7.11 Å². The van der Waals surface area contributed by atoms with E-state index in [1.54, 1.807) is 30.3 Å². The number of carbonyl (C=O) groups excluding carboxylic acids is 2. The fourth-order valence-electron chi connectivity index (χ4n) is 3.26. The normalized spacial score (nSPS) is 16.2. The molecule has 1 atom stereocenters. The van der Waals surface area contributed by atoms with Crippen molar-refractivity contribution in [3.05, 3.63) is 64.8 Å². The number of fused-ring (bicyclic) bond motifs is 3. The molecule has 2 heterocycles. The Labute approximate surface area is 158 Å². The Morgan fingerprint density at radius 2 is 1.92 bits per heavy atom. The molecule has 0 aliphatic carbocycles. The first kappa shape index (κ1) is 16.8. The number of aromatic nitrogens is 1. The standard InChI is InChI=1S/C19H15BrN2O4/c1-25-22-16(11-17(23)26-13-7-3-2-4-8-13)21-15(19(22)24)10-12-6-5-9-14(20)18(12)21/h2-10,16H,11H2,1H3. The summed E-state index contributed by atoms with van der Waals surface area (Å²) in [6, 6.07) is 16.4. The second-order valence-corrected chi connectivity index (χ2v) is 6.72. The van der Waals surface area contributed by atoms with Gasteiger partial charge in [-0.3, -0.25) is 14.4 Å². The Kier molecular flexibility index (Phi) is 4.26. The Morgan fingerprint density at radius 1 is 1.15 bits per heavy atom. The zero-order valence-electron chi connectivity index (χ0n) is 13.9. The van der Waals surface area contributed by atoms with Crippen molar-refractivity contribution in [2.45, 2.75) is 12.6 Å². The molecule has 3 aromatic rings. The van der Waals surface area contributed by atoms with Gasteiger partial charge in [0.05, 0.1) is 19.0 Å².